The van der Waals surface area contributed by atoms with Gasteiger partial charge in [0.05, 0.1) is 6.61 Å². The molecule has 19 heavy (non-hydrogen) atoms. The smallest absolute Gasteiger partial charge is 0.243 e. The predicted octanol–water partition coefficient (Wildman–Crippen LogP) is 1.93. The Balaban J connectivity index is 2.29. The molecule has 0 spiro atoms. The molecule has 0 bridgehead atoms. The quantitative estimate of drug-likeness (QED) is 0.869. The Bertz CT molecular complexity index is 562. The van der Waals surface area contributed by atoms with Crippen molar-refractivity contribution in [1.82, 2.24) is 4.72 Å². The average Bonchev–Trinajstić information content (AvgIpc) is 2.33. The topological polar surface area (TPSA) is 66.4 Å². The maximum Gasteiger partial charge on any atom is 0.243 e. The molecule has 1 aliphatic carbocycles. The molecule has 1 fully saturated rings. The van der Waals surface area contributed by atoms with Crippen molar-refractivity contribution < 1.29 is 17.9 Å². The first-order valence-corrected chi connectivity index (χ1v) is 7.84. The zero-order valence-corrected chi connectivity index (χ0v) is 11.6. The van der Waals surface area contributed by atoms with Crippen LogP contribution in [0.2, 0.25) is 0 Å². The van der Waals surface area contributed by atoms with Gasteiger partial charge in [-0.15, -0.1) is 0 Å². The van der Waals surface area contributed by atoms with E-state index in [4.69, 9.17) is 5.11 Å². The number of halogens is 1. The van der Waals surface area contributed by atoms with Crippen LogP contribution in [0.15, 0.2) is 23.1 Å². The van der Waals surface area contributed by atoms with Crippen molar-refractivity contribution in [2.45, 2.75) is 49.6 Å². The van der Waals surface area contributed by atoms with Crippen LogP contribution in [0.5, 0.6) is 0 Å². The summed E-state index contributed by atoms with van der Waals surface area (Å²) in [7, 11) is -3.85. The summed E-state index contributed by atoms with van der Waals surface area (Å²) in [5, 5.41) is 8.90. The van der Waals surface area contributed by atoms with Crippen LogP contribution >= 0.6 is 0 Å². The molecule has 0 radical (unpaired) electrons. The zero-order chi connectivity index (χ0) is 14.1. The van der Waals surface area contributed by atoms with Crippen LogP contribution in [0.25, 0.3) is 0 Å². The molecule has 106 valence electrons. The minimum atomic E-state index is -3.85. The first-order chi connectivity index (χ1) is 8.92. The Morgan fingerprint density at radius 1 is 1.42 bits per heavy atom. The fourth-order valence-electron chi connectivity index (χ4n) is 2.33. The Hall–Kier alpha value is -0.980. The summed E-state index contributed by atoms with van der Waals surface area (Å²) in [5.74, 6) is -0.829. The van der Waals surface area contributed by atoms with Crippen LogP contribution in [0.1, 0.15) is 38.2 Å². The van der Waals surface area contributed by atoms with Gasteiger partial charge in [0.25, 0.3) is 0 Å². The van der Waals surface area contributed by atoms with Crippen LogP contribution < -0.4 is 4.72 Å². The molecular weight excluding hydrogens is 269 g/mol. The third-order valence-corrected chi connectivity index (χ3v) is 5.42. The highest BCUT2D eigenvalue weighted by Crippen LogP contribution is 2.36. The van der Waals surface area contributed by atoms with E-state index in [1.807, 2.05) is 6.92 Å². The van der Waals surface area contributed by atoms with Gasteiger partial charge >= 0.3 is 0 Å². The van der Waals surface area contributed by atoms with Gasteiger partial charge in [0.1, 0.15) is 10.7 Å². The van der Waals surface area contributed by atoms with Crippen molar-refractivity contribution in [3.8, 4) is 0 Å². The molecular formula is C13H18FNO3S. The molecule has 1 aliphatic rings. The fourth-order valence-corrected chi connectivity index (χ4v) is 3.92. The highest BCUT2D eigenvalue weighted by Gasteiger charge is 2.39. The molecule has 0 amide bonds. The number of aliphatic hydroxyl groups is 1. The number of sulfonamides is 1. The van der Waals surface area contributed by atoms with E-state index in [9.17, 15) is 12.8 Å². The lowest BCUT2D eigenvalue weighted by Gasteiger charge is -2.41. The van der Waals surface area contributed by atoms with Gasteiger partial charge in [-0.2, -0.15) is 0 Å². The minimum absolute atomic E-state index is 0.316. The Morgan fingerprint density at radius 3 is 2.53 bits per heavy atom. The van der Waals surface area contributed by atoms with Crippen molar-refractivity contribution in [1.29, 1.82) is 0 Å². The third kappa shape index (κ3) is 2.80. The van der Waals surface area contributed by atoms with E-state index < -0.39 is 21.4 Å². The van der Waals surface area contributed by atoms with Crippen molar-refractivity contribution in [2.24, 2.45) is 0 Å². The number of benzene rings is 1. The van der Waals surface area contributed by atoms with Crippen molar-refractivity contribution in [2.75, 3.05) is 0 Å². The van der Waals surface area contributed by atoms with Crippen molar-refractivity contribution in [3.63, 3.8) is 0 Å². The van der Waals surface area contributed by atoms with Gasteiger partial charge in [-0.1, -0.05) is 13.0 Å². The molecule has 1 aromatic rings. The summed E-state index contributed by atoms with van der Waals surface area (Å²) in [6.07, 6.45) is 3.27. The maximum absolute atomic E-state index is 13.8. The maximum atomic E-state index is 13.8. The van der Waals surface area contributed by atoms with Crippen LogP contribution in [-0.4, -0.2) is 19.1 Å². The molecule has 0 aliphatic heterocycles. The molecule has 0 unspecified atom stereocenters. The Kier molecular flexibility index (Phi) is 3.94. The van der Waals surface area contributed by atoms with Crippen LogP contribution in [0.3, 0.4) is 0 Å². The second-order valence-corrected chi connectivity index (χ2v) is 6.67. The predicted molar refractivity (Wildman–Crippen MR) is 69.5 cm³/mol. The molecule has 0 atom stereocenters. The molecule has 1 aromatic carbocycles. The molecule has 2 rings (SSSR count). The van der Waals surface area contributed by atoms with E-state index in [1.165, 1.54) is 12.1 Å². The summed E-state index contributed by atoms with van der Waals surface area (Å²) >= 11 is 0. The first-order valence-electron chi connectivity index (χ1n) is 6.36. The second kappa shape index (κ2) is 5.19. The second-order valence-electron chi connectivity index (χ2n) is 5.02. The van der Waals surface area contributed by atoms with Crippen LogP contribution in [0.4, 0.5) is 4.39 Å². The summed E-state index contributed by atoms with van der Waals surface area (Å²) in [4.78, 5) is -0.357. The SMILES string of the molecule is CCC1(NS(=O)(=O)c2ccc(CO)cc2F)CCC1. The van der Waals surface area contributed by atoms with Gasteiger partial charge < -0.3 is 5.11 Å². The van der Waals surface area contributed by atoms with E-state index in [2.05, 4.69) is 4.72 Å². The Morgan fingerprint density at radius 2 is 2.11 bits per heavy atom. The van der Waals surface area contributed by atoms with E-state index in [1.54, 1.807) is 0 Å². The van der Waals surface area contributed by atoms with E-state index in [0.29, 0.717) is 12.0 Å². The lowest BCUT2D eigenvalue weighted by atomic mass is 9.76. The zero-order valence-electron chi connectivity index (χ0n) is 10.8. The molecule has 4 nitrogen and oxygen atoms in total. The molecule has 6 heteroatoms. The van der Waals surface area contributed by atoms with Crippen molar-refractivity contribution >= 4 is 10.0 Å². The highest BCUT2D eigenvalue weighted by molar-refractivity contribution is 7.89. The first kappa shape index (κ1) is 14.4. The monoisotopic (exact) mass is 287 g/mol. The average molecular weight is 287 g/mol. The summed E-state index contributed by atoms with van der Waals surface area (Å²) < 4.78 is 40.8. The van der Waals surface area contributed by atoms with Crippen molar-refractivity contribution in [3.05, 3.63) is 29.6 Å². The van der Waals surface area contributed by atoms with E-state index in [-0.39, 0.29) is 11.5 Å². The lowest BCUT2D eigenvalue weighted by Crippen LogP contribution is -2.52. The number of rotatable bonds is 5. The van der Waals surface area contributed by atoms with E-state index >= 15 is 0 Å². The normalized spacial score (nSPS) is 18.1. The molecule has 0 heterocycles. The molecule has 0 saturated heterocycles. The number of hydrogen-bond acceptors (Lipinski definition) is 3. The number of hydrogen-bond donors (Lipinski definition) is 2. The number of aliphatic hydroxyl groups excluding tert-OH is 1. The largest absolute Gasteiger partial charge is 0.392 e. The van der Waals surface area contributed by atoms with Gasteiger partial charge in [0.15, 0.2) is 0 Å². The summed E-state index contributed by atoms with van der Waals surface area (Å²) in [6.45, 7) is 1.61. The fraction of sp³-hybridized carbons (Fsp3) is 0.538. The van der Waals surface area contributed by atoms with Gasteiger partial charge in [-0.05, 0) is 43.4 Å². The molecule has 0 aromatic heterocycles. The van der Waals surface area contributed by atoms with Gasteiger partial charge in [-0.25, -0.2) is 17.5 Å². The van der Waals surface area contributed by atoms with E-state index in [0.717, 1.165) is 25.3 Å². The summed E-state index contributed by atoms with van der Waals surface area (Å²) in [5.41, 5.74) is -0.0636. The summed E-state index contributed by atoms with van der Waals surface area (Å²) in [6, 6.07) is 3.66. The molecule has 2 N–H and O–H groups in total. The number of nitrogens with one attached hydrogen (secondary N) is 1. The molecule has 1 saturated carbocycles. The van der Waals surface area contributed by atoms with Gasteiger partial charge in [0.2, 0.25) is 10.0 Å². The lowest BCUT2D eigenvalue weighted by molar-refractivity contribution is 0.213. The minimum Gasteiger partial charge on any atom is -0.392 e. The standard InChI is InChI=1S/C13H18FNO3S/c1-2-13(6-3-7-13)15-19(17,18)12-5-4-10(9-16)8-11(12)14/h4-5,8,15-16H,2-3,6-7,9H2,1H3. The van der Waals surface area contributed by atoms with Gasteiger partial charge in [0, 0.05) is 5.54 Å². The van der Waals surface area contributed by atoms with Crippen LogP contribution in [-0.2, 0) is 16.6 Å². The highest BCUT2D eigenvalue weighted by atomic mass is 32.2. The Labute approximate surface area is 112 Å². The third-order valence-electron chi connectivity index (χ3n) is 3.81. The van der Waals surface area contributed by atoms with Crippen LogP contribution in [0, 0.1) is 5.82 Å². The van der Waals surface area contributed by atoms with Gasteiger partial charge in [-0.3, -0.25) is 0 Å².